The maximum Gasteiger partial charge on any atom is 0.194 e. The topological polar surface area (TPSA) is 57.2 Å². The number of benzene rings is 2. The normalized spacial score (nSPS) is 12.1. The molecule has 3 nitrogen and oxygen atoms in total. The van der Waals surface area contributed by atoms with Crippen molar-refractivity contribution in [1.82, 2.24) is 0 Å². The molecule has 0 spiro atoms. The molecule has 0 saturated carbocycles. The summed E-state index contributed by atoms with van der Waals surface area (Å²) in [7, 11) is 0. The van der Waals surface area contributed by atoms with E-state index in [9.17, 15) is 14.7 Å². The monoisotopic (exact) mass is 223 g/mol. The van der Waals surface area contributed by atoms with Gasteiger partial charge >= 0.3 is 0 Å². The number of hydrogen-bond donors (Lipinski definition) is 0. The molecule has 1 aliphatic rings. The second-order valence-electron chi connectivity index (χ2n) is 3.89. The molecule has 3 heteroatoms. The van der Waals surface area contributed by atoms with Crippen molar-refractivity contribution in [3.63, 3.8) is 0 Å². The summed E-state index contributed by atoms with van der Waals surface area (Å²) in [6.07, 6.45) is 0. The molecule has 0 heterocycles. The first-order valence-electron chi connectivity index (χ1n) is 5.18. The van der Waals surface area contributed by atoms with Gasteiger partial charge in [0.25, 0.3) is 0 Å². The lowest BCUT2D eigenvalue weighted by atomic mass is 10.00. The Hall–Kier alpha value is -2.42. The van der Waals surface area contributed by atoms with Gasteiger partial charge in [-0.05, 0) is 5.56 Å². The van der Waals surface area contributed by atoms with Crippen molar-refractivity contribution in [2.45, 2.75) is 0 Å². The Balaban J connectivity index is 2.42. The van der Waals surface area contributed by atoms with Crippen molar-refractivity contribution in [2.75, 3.05) is 0 Å². The predicted octanol–water partition coefficient (Wildman–Crippen LogP) is 1.26. The van der Waals surface area contributed by atoms with Crippen LogP contribution in [0.5, 0.6) is 0 Å². The van der Waals surface area contributed by atoms with Crippen LogP contribution in [0, 0.1) is 0 Å². The van der Waals surface area contributed by atoms with Gasteiger partial charge < -0.3 is 9.90 Å². The van der Waals surface area contributed by atoms with Gasteiger partial charge in [-0.3, -0.25) is 4.79 Å². The first kappa shape index (κ1) is 9.78. The fraction of sp³-hybridized carbons (Fsp3) is 0. The van der Waals surface area contributed by atoms with E-state index < -0.39 is 5.97 Å². The van der Waals surface area contributed by atoms with Crippen LogP contribution in [0.25, 0.3) is 11.1 Å². The summed E-state index contributed by atoms with van der Waals surface area (Å²) in [5.41, 5.74) is 2.21. The molecular weight excluding hydrogens is 216 g/mol. The smallest absolute Gasteiger partial charge is 0.194 e. The van der Waals surface area contributed by atoms with Crippen LogP contribution in [0.15, 0.2) is 42.5 Å². The van der Waals surface area contributed by atoms with Crippen LogP contribution in [0.4, 0.5) is 0 Å². The molecule has 3 rings (SSSR count). The lowest BCUT2D eigenvalue weighted by Gasteiger charge is -2.08. The maximum absolute atomic E-state index is 12.0. The van der Waals surface area contributed by atoms with E-state index >= 15 is 0 Å². The van der Waals surface area contributed by atoms with Gasteiger partial charge in [-0.2, -0.15) is 0 Å². The molecule has 1 aliphatic carbocycles. The van der Waals surface area contributed by atoms with Crippen LogP contribution in [0.2, 0.25) is 0 Å². The Morgan fingerprint density at radius 3 is 2.24 bits per heavy atom. The zero-order valence-corrected chi connectivity index (χ0v) is 8.77. The molecule has 17 heavy (non-hydrogen) atoms. The Kier molecular flexibility index (Phi) is 1.89. The lowest BCUT2D eigenvalue weighted by Crippen LogP contribution is -2.23. The first-order valence-corrected chi connectivity index (χ1v) is 5.18. The van der Waals surface area contributed by atoms with Crippen molar-refractivity contribution in [3.8, 4) is 11.1 Å². The van der Waals surface area contributed by atoms with E-state index in [1.54, 1.807) is 36.4 Å². The van der Waals surface area contributed by atoms with E-state index in [1.807, 2.05) is 0 Å². The maximum atomic E-state index is 12.0. The molecule has 82 valence electrons. The number of hydrogen-bond acceptors (Lipinski definition) is 3. The van der Waals surface area contributed by atoms with Crippen LogP contribution in [-0.2, 0) is 0 Å². The summed E-state index contributed by atoms with van der Waals surface area (Å²) in [6, 6.07) is 11.7. The third kappa shape index (κ3) is 1.22. The lowest BCUT2D eigenvalue weighted by molar-refractivity contribution is -0.254. The van der Waals surface area contributed by atoms with E-state index in [4.69, 9.17) is 0 Å². The van der Waals surface area contributed by atoms with E-state index in [-0.39, 0.29) is 11.3 Å². The second-order valence-corrected chi connectivity index (χ2v) is 3.89. The van der Waals surface area contributed by atoms with Crippen molar-refractivity contribution < 1.29 is 14.7 Å². The van der Waals surface area contributed by atoms with Gasteiger partial charge in [-0.25, -0.2) is 0 Å². The highest BCUT2D eigenvalue weighted by atomic mass is 16.4. The van der Waals surface area contributed by atoms with Gasteiger partial charge in [-0.15, -0.1) is 0 Å². The van der Waals surface area contributed by atoms with Crippen molar-refractivity contribution in [3.05, 3.63) is 59.2 Å². The second kappa shape index (κ2) is 3.28. The average molecular weight is 223 g/mol. The number of carbonyl (C=O) groups is 2. The van der Waals surface area contributed by atoms with Gasteiger partial charge in [0, 0.05) is 22.3 Å². The van der Waals surface area contributed by atoms with Crippen LogP contribution in [0.1, 0.15) is 26.3 Å². The SMILES string of the molecule is O=C([O-])c1cccc2c1-c1ccccc1C2=O. The molecule has 0 bridgehead atoms. The number of aromatic carboxylic acids is 1. The highest BCUT2D eigenvalue weighted by Gasteiger charge is 2.28. The molecule has 2 aromatic rings. The van der Waals surface area contributed by atoms with Gasteiger partial charge in [0.15, 0.2) is 5.78 Å². The highest BCUT2D eigenvalue weighted by Crippen LogP contribution is 2.38. The summed E-state index contributed by atoms with van der Waals surface area (Å²) in [5, 5.41) is 11.1. The first-order chi connectivity index (χ1) is 8.20. The molecule has 0 radical (unpaired) electrons. The minimum atomic E-state index is -1.26. The van der Waals surface area contributed by atoms with Crippen LogP contribution in [-0.4, -0.2) is 11.8 Å². The minimum Gasteiger partial charge on any atom is -0.545 e. The zero-order chi connectivity index (χ0) is 12.0. The van der Waals surface area contributed by atoms with Crippen molar-refractivity contribution in [2.24, 2.45) is 0 Å². The Labute approximate surface area is 97.3 Å². The van der Waals surface area contributed by atoms with Crippen LogP contribution in [0.3, 0.4) is 0 Å². The molecule has 0 fully saturated rings. The molecule has 0 aromatic heterocycles. The minimum absolute atomic E-state index is 0.0702. The molecule has 0 saturated heterocycles. The summed E-state index contributed by atoms with van der Waals surface area (Å²) < 4.78 is 0. The van der Waals surface area contributed by atoms with E-state index in [0.29, 0.717) is 22.3 Å². The zero-order valence-electron chi connectivity index (χ0n) is 8.77. The number of carboxylic acids is 1. The predicted molar refractivity (Wildman–Crippen MR) is 59.6 cm³/mol. The third-order valence-electron chi connectivity index (χ3n) is 2.97. The summed E-state index contributed by atoms with van der Waals surface area (Å²) >= 11 is 0. The van der Waals surface area contributed by atoms with E-state index in [2.05, 4.69) is 0 Å². The summed E-state index contributed by atoms with van der Waals surface area (Å²) in [5.74, 6) is -1.38. The van der Waals surface area contributed by atoms with Crippen molar-refractivity contribution in [1.29, 1.82) is 0 Å². The molecule has 0 unspecified atom stereocenters. The van der Waals surface area contributed by atoms with Gasteiger partial charge in [-0.1, -0.05) is 42.5 Å². The average Bonchev–Trinajstić information content (AvgIpc) is 2.64. The Morgan fingerprint density at radius 2 is 1.53 bits per heavy atom. The number of rotatable bonds is 1. The molecule has 0 N–H and O–H groups in total. The van der Waals surface area contributed by atoms with Gasteiger partial charge in [0.2, 0.25) is 0 Å². The number of carboxylic acid groups (broad SMARTS) is 1. The summed E-state index contributed by atoms with van der Waals surface area (Å²) in [6.45, 7) is 0. The van der Waals surface area contributed by atoms with Crippen LogP contribution < -0.4 is 5.11 Å². The highest BCUT2D eigenvalue weighted by molar-refractivity contribution is 6.23. The quantitative estimate of drug-likeness (QED) is 0.624. The molecule has 2 aromatic carbocycles. The van der Waals surface area contributed by atoms with Crippen LogP contribution >= 0.6 is 0 Å². The number of ketones is 1. The fourth-order valence-electron chi connectivity index (χ4n) is 2.25. The van der Waals surface area contributed by atoms with Gasteiger partial charge in [0.05, 0.1) is 5.97 Å². The third-order valence-corrected chi connectivity index (χ3v) is 2.97. The fourth-order valence-corrected chi connectivity index (χ4v) is 2.25. The standard InChI is InChI=1S/C14H8O3/c15-13-9-5-2-1-4-8(9)12-10(13)6-3-7-11(12)14(16)17/h1-7H,(H,16,17)/p-1. The largest absolute Gasteiger partial charge is 0.545 e. The Morgan fingerprint density at radius 1 is 0.882 bits per heavy atom. The van der Waals surface area contributed by atoms with Gasteiger partial charge in [0.1, 0.15) is 0 Å². The van der Waals surface area contributed by atoms with E-state index in [1.165, 1.54) is 6.07 Å². The molecule has 0 amide bonds. The number of carbonyl (C=O) groups excluding carboxylic acids is 2. The molecular formula is C14H7O3-. The number of fused-ring (bicyclic) bond motifs is 3. The van der Waals surface area contributed by atoms with E-state index in [0.717, 1.165) is 0 Å². The molecule has 0 aliphatic heterocycles. The van der Waals surface area contributed by atoms with Crippen molar-refractivity contribution >= 4 is 11.8 Å². The molecule has 0 atom stereocenters. The Bertz CT molecular complexity index is 656. The summed E-state index contributed by atoms with van der Waals surface area (Å²) in [4.78, 5) is 23.1.